The molecule has 5 fully saturated rings. The Morgan fingerprint density at radius 1 is 0.368 bits per heavy atom. The first kappa shape index (κ1) is 87.8. The molecule has 17 nitrogen and oxygen atoms in total. The average molecular weight is 1600 g/mol. The molecule has 0 saturated carbocycles. The lowest BCUT2D eigenvalue weighted by atomic mass is 10.1. The lowest BCUT2D eigenvalue weighted by molar-refractivity contribution is -0.275. The Kier molecular flexibility index (Phi) is 34.4. The number of anilines is 5. The number of nitrogens with zero attached hydrogens (tertiary/aromatic N) is 11. The number of halogens is 19. The number of piperazine rings is 5. The third-order valence-corrected chi connectivity index (χ3v) is 18.5. The van der Waals surface area contributed by atoms with Crippen molar-refractivity contribution in [1.82, 2.24) is 24.5 Å². The zero-order valence-electron chi connectivity index (χ0n) is 58.4. The minimum atomic E-state index is -4.81. The average Bonchev–Trinajstić information content (AvgIpc) is 0.882. The van der Waals surface area contributed by atoms with Crippen molar-refractivity contribution in [2.75, 3.05) is 202 Å². The number of likely N-dealkylation sites (N-methyl/N-ethyl adjacent to an activating group) is 1. The molecule has 106 heavy (non-hydrogen) atoms. The first-order chi connectivity index (χ1) is 50.1. The van der Waals surface area contributed by atoms with E-state index in [9.17, 15) is 71.1 Å². The SMILES string of the molecule is C=CCN1CCN(c2cccc(OC(F)(F)F)c2C#N)CC1.C=CCN1CCN(c2cccc(OC(F)(F)F)c2Cl)CC1.CCCN1CCN(c2cccc(OC(F)(F)F)c2Cl)CC1.CCN1CCN(c2cccc(OC(F)(F)F)c2Cl)CC1.COCCN1CCN(c2cccc(OC(F)(F)F)c2Cl)CC1. The summed E-state index contributed by atoms with van der Waals surface area (Å²) in [6.07, 6.45) is -19.0. The Morgan fingerprint density at radius 3 is 0.868 bits per heavy atom. The molecule has 0 atom stereocenters. The van der Waals surface area contributed by atoms with Crippen LogP contribution < -0.4 is 48.2 Å². The minimum Gasteiger partial charge on any atom is -0.404 e. The van der Waals surface area contributed by atoms with E-state index in [2.05, 4.69) is 75.2 Å². The number of rotatable bonds is 20. The van der Waals surface area contributed by atoms with Crippen molar-refractivity contribution < 1.29 is 94.3 Å². The summed E-state index contributed by atoms with van der Waals surface area (Å²) in [5.74, 6) is -1.89. The number of benzene rings is 5. The third-order valence-electron chi connectivity index (χ3n) is 17.0. The van der Waals surface area contributed by atoms with E-state index in [-0.39, 0.29) is 48.7 Å². The van der Waals surface area contributed by atoms with Gasteiger partial charge in [-0.15, -0.1) is 79.0 Å². The van der Waals surface area contributed by atoms with E-state index in [0.29, 0.717) is 74.3 Å². The van der Waals surface area contributed by atoms with Gasteiger partial charge in [0.15, 0.2) is 0 Å². The summed E-state index contributed by atoms with van der Waals surface area (Å²) in [5.41, 5.74) is 2.70. The van der Waals surface area contributed by atoms with E-state index in [4.69, 9.17) is 51.1 Å². The number of nitriles is 1. The molecule has 5 saturated heterocycles. The van der Waals surface area contributed by atoms with E-state index in [0.717, 1.165) is 137 Å². The molecule has 0 aromatic heterocycles. The quantitative estimate of drug-likeness (QED) is 0.0544. The normalized spacial score (nSPS) is 16.9. The molecule has 36 heteroatoms. The lowest BCUT2D eigenvalue weighted by Crippen LogP contribution is -2.47. The fraction of sp³-hybridized carbons (Fsp3) is 0.500. The minimum absolute atomic E-state index is 0.00741. The molecule has 5 aromatic rings. The third kappa shape index (κ3) is 29.2. The predicted molar refractivity (Wildman–Crippen MR) is 382 cm³/mol. The van der Waals surface area contributed by atoms with Gasteiger partial charge < -0.3 is 57.8 Å². The van der Waals surface area contributed by atoms with Crippen LogP contribution in [0, 0.1) is 11.3 Å². The van der Waals surface area contributed by atoms with Crippen LogP contribution in [0.15, 0.2) is 116 Å². The molecule has 10 rings (SSSR count). The van der Waals surface area contributed by atoms with Crippen molar-refractivity contribution in [3.05, 3.63) is 142 Å². The smallest absolute Gasteiger partial charge is 0.404 e. The zero-order chi connectivity index (χ0) is 78.0. The Bertz CT molecular complexity index is 3560. The van der Waals surface area contributed by atoms with E-state index in [1.807, 2.05) is 42.7 Å². The van der Waals surface area contributed by atoms with Gasteiger partial charge in [-0.1, -0.05) is 103 Å². The molecule has 588 valence electrons. The van der Waals surface area contributed by atoms with Crippen LogP contribution in [0.1, 0.15) is 25.8 Å². The maximum absolute atomic E-state index is 12.4. The van der Waals surface area contributed by atoms with Gasteiger partial charge in [0.1, 0.15) is 60.5 Å². The number of alkyl halides is 15. The molecular weight excluding hydrogens is 1520 g/mol. The fourth-order valence-corrected chi connectivity index (χ4v) is 13.0. The summed E-state index contributed by atoms with van der Waals surface area (Å²) < 4.78 is 210. The van der Waals surface area contributed by atoms with E-state index >= 15 is 0 Å². The molecule has 0 N–H and O–H groups in total. The van der Waals surface area contributed by atoms with Gasteiger partial charge in [-0.2, -0.15) is 5.26 Å². The predicted octanol–water partition coefficient (Wildman–Crippen LogP) is 16.5. The Balaban J connectivity index is 0.000000208. The molecule has 0 aliphatic carbocycles. The Labute approximate surface area is 626 Å². The highest BCUT2D eigenvalue weighted by Crippen LogP contribution is 2.42. The molecule has 5 heterocycles. The van der Waals surface area contributed by atoms with Crippen molar-refractivity contribution >= 4 is 74.8 Å². The van der Waals surface area contributed by atoms with Crippen LogP contribution in [0.2, 0.25) is 20.1 Å². The van der Waals surface area contributed by atoms with Gasteiger partial charge >= 0.3 is 31.8 Å². The lowest BCUT2D eigenvalue weighted by Gasteiger charge is -2.36. The van der Waals surface area contributed by atoms with Crippen LogP contribution in [-0.4, -0.2) is 234 Å². The molecular formula is C70H84Cl4F15N11O6. The molecule has 5 aliphatic rings. The van der Waals surface area contributed by atoms with Crippen LogP contribution >= 0.6 is 46.4 Å². The van der Waals surface area contributed by atoms with Gasteiger partial charge in [-0.25, -0.2) is 0 Å². The van der Waals surface area contributed by atoms with Crippen LogP contribution in [0.3, 0.4) is 0 Å². The Hall–Kier alpha value is -7.06. The first-order valence-corrected chi connectivity index (χ1v) is 35.1. The van der Waals surface area contributed by atoms with E-state index < -0.39 is 37.6 Å². The van der Waals surface area contributed by atoms with Crippen LogP contribution in [-0.2, 0) is 4.74 Å². The highest BCUT2D eigenvalue weighted by molar-refractivity contribution is 6.36. The summed E-state index contributed by atoms with van der Waals surface area (Å²) in [7, 11) is 1.65. The van der Waals surface area contributed by atoms with Crippen molar-refractivity contribution in [2.24, 2.45) is 0 Å². The van der Waals surface area contributed by atoms with Gasteiger partial charge in [0.2, 0.25) is 0 Å². The second kappa shape index (κ2) is 41.5. The second-order valence-electron chi connectivity index (χ2n) is 24.1. The summed E-state index contributed by atoms with van der Waals surface area (Å²) >= 11 is 24.2. The Morgan fingerprint density at radius 2 is 0.613 bits per heavy atom. The van der Waals surface area contributed by atoms with Crippen LogP contribution in [0.25, 0.3) is 0 Å². The van der Waals surface area contributed by atoms with Crippen molar-refractivity contribution in [2.45, 2.75) is 52.1 Å². The maximum Gasteiger partial charge on any atom is 0.573 e. The van der Waals surface area contributed by atoms with E-state index in [1.165, 1.54) is 54.6 Å². The number of ether oxygens (including phenoxy) is 6. The number of methoxy groups -OCH3 is 1. The molecule has 0 unspecified atom stereocenters. The van der Waals surface area contributed by atoms with Crippen molar-refractivity contribution in [3.63, 3.8) is 0 Å². The van der Waals surface area contributed by atoms with Gasteiger partial charge in [-0.3, -0.25) is 19.6 Å². The fourth-order valence-electron chi connectivity index (χ4n) is 11.9. The summed E-state index contributed by atoms with van der Waals surface area (Å²) in [6.45, 7) is 32.0. The first-order valence-electron chi connectivity index (χ1n) is 33.6. The maximum atomic E-state index is 12.4. The number of hydrogen-bond donors (Lipinski definition) is 0. The molecule has 5 aromatic carbocycles. The van der Waals surface area contributed by atoms with Gasteiger partial charge in [0.05, 0.1) is 35.0 Å². The van der Waals surface area contributed by atoms with Crippen molar-refractivity contribution in [3.8, 4) is 34.8 Å². The topological polar surface area (TPSA) is 112 Å². The second-order valence-corrected chi connectivity index (χ2v) is 25.6. The van der Waals surface area contributed by atoms with Crippen LogP contribution in [0.4, 0.5) is 94.3 Å². The van der Waals surface area contributed by atoms with Crippen molar-refractivity contribution in [1.29, 1.82) is 5.26 Å². The van der Waals surface area contributed by atoms with E-state index in [1.54, 1.807) is 37.4 Å². The van der Waals surface area contributed by atoms with Gasteiger partial charge in [0, 0.05) is 158 Å². The van der Waals surface area contributed by atoms with Gasteiger partial charge in [-0.05, 0) is 80.2 Å². The summed E-state index contributed by atoms with van der Waals surface area (Å²) in [5, 5.41) is 9.22. The summed E-state index contributed by atoms with van der Waals surface area (Å²) in [6, 6.07) is 23.9. The zero-order valence-corrected chi connectivity index (χ0v) is 61.4. The standard InChI is InChI=1S/C15H16F3N3O.C14H18ClF3N2O2.C14H18ClF3N2O.C14H16ClF3N2O.C13H16ClF3N2O/c1-2-6-20-7-9-21(10-8-20)13-4-3-5-14(12(13)11-19)22-15(16,17)18;1-21-10-9-19-5-7-20(8-6-19)11-3-2-4-12(13(11)15)22-14(16,17)18;2*1-2-6-19-7-9-20(10-8-19)11-4-3-5-12(13(11)15)21-14(16,17)18;1-2-18-6-8-19(9-7-18)10-4-3-5-11(12(10)14)20-13(15,16)17/h2-5H,1,6-10H2;2-4H,5-10H2,1H3;3-5H,2,6-10H2,1H3;2-5H,1,6-10H2;3-5H,2,6-9H2,1H3. The molecule has 0 radical (unpaired) electrons. The summed E-state index contributed by atoms with van der Waals surface area (Å²) in [4.78, 5) is 21.1. The highest BCUT2D eigenvalue weighted by Gasteiger charge is 2.38. The van der Waals surface area contributed by atoms with Gasteiger partial charge in [0.25, 0.3) is 0 Å². The number of hydrogen-bond acceptors (Lipinski definition) is 17. The van der Waals surface area contributed by atoms with Crippen LogP contribution in [0.5, 0.6) is 28.7 Å². The molecule has 0 bridgehead atoms. The largest absolute Gasteiger partial charge is 0.573 e. The molecule has 0 amide bonds. The molecule has 0 spiro atoms. The monoisotopic (exact) mass is 1600 g/mol. The molecule has 5 aliphatic heterocycles. The highest BCUT2D eigenvalue weighted by atomic mass is 35.5.